The van der Waals surface area contributed by atoms with Crippen LogP contribution in [-0.4, -0.2) is 10.3 Å². The molecule has 3 nitrogen and oxygen atoms in total. The quantitative estimate of drug-likeness (QED) is 0.701. The molecular weight excluding hydrogens is 234 g/mol. The minimum atomic E-state index is 0.194. The van der Waals surface area contributed by atoms with Gasteiger partial charge in [0.1, 0.15) is 5.75 Å². The van der Waals surface area contributed by atoms with Gasteiger partial charge in [0.15, 0.2) is 0 Å². The molecule has 1 rings (SSSR count). The Bertz CT molecular complexity index is 326. The van der Waals surface area contributed by atoms with Crippen LogP contribution in [0.25, 0.3) is 0 Å². The van der Waals surface area contributed by atoms with Gasteiger partial charge in [-0.05, 0) is 40.9 Å². The first-order valence-electron chi connectivity index (χ1n) is 3.92. The molecule has 13 heavy (non-hydrogen) atoms. The third-order valence-electron chi connectivity index (χ3n) is 2.00. The number of rotatable bonds is 2. The van der Waals surface area contributed by atoms with Crippen LogP contribution in [-0.2, 0) is 6.54 Å². The Morgan fingerprint density at radius 1 is 1.38 bits per heavy atom. The second kappa shape index (κ2) is 4.09. The molecule has 0 spiro atoms. The lowest BCUT2D eigenvalue weighted by Crippen LogP contribution is -2.08. The van der Waals surface area contributed by atoms with Crippen LogP contribution in [0, 0.1) is 13.8 Å². The van der Waals surface area contributed by atoms with Crippen LogP contribution in [0.5, 0.6) is 5.75 Å². The topological polar surface area (TPSA) is 52.5 Å². The number of hydrogen-bond donors (Lipinski definition) is 3. The van der Waals surface area contributed by atoms with Crippen LogP contribution >= 0.6 is 15.9 Å². The molecule has 0 aromatic heterocycles. The summed E-state index contributed by atoms with van der Waals surface area (Å²) < 4.78 is 0.684. The van der Waals surface area contributed by atoms with E-state index in [1.165, 1.54) is 0 Å². The van der Waals surface area contributed by atoms with Crippen LogP contribution < -0.4 is 5.48 Å². The molecule has 0 fully saturated rings. The van der Waals surface area contributed by atoms with Gasteiger partial charge >= 0.3 is 0 Å². The molecule has 0 aliphatic heterocycles. The normalized spacial score (nSPS) is 10.5. The number of phenols is 1. The van der Waals surface area contributed by atoms with Gasteiger partial charge in [0.25, 0.3) is 0 Å². The summed E-state index contributed by atoms with van der Waals surface area (Å²) in [5.74, 6) is 0.194. The van der Waals surface area contributed by atoms with Crippen molar-refractivity contribution in [1.82, 2.24) is 5.48 Å². The fourth-order valence-electron chi connectivity index (χ4n) is 1.28. The van der Waals surface area contributed by atoms with Crippen molar-refractivity contribution in [3.63, 3.8) is 0 Å². The van der Waals surface area contributed by atoms with Gasteiger partial charge in [-0.2, -0.15) is 0 Å². The maximum absolute atomic E-state index is 9.69. The number of phenolic OH excluding ortho intramolecular Hbond substituents is 1. The summed E-state index contributed by atoms with van der Waals surface area (Å²) in [6.07, 6.45) is 0. The lowest BCUT2D eigenvalue weighted by molar-refractivity contribution is 0.160. The monoisotopic (exact) mass is 245 g/mol. The zero-order valence-corrected chi connectivity index (χ0v) is 9.14. The fourth-order valence-corrected chi connectivity index (χ4v) is 1.64. The maximum Gasteiger partial charge on any atom is 0.134 e. The molecule has 0 saturated carbocycles. The first-order chi connectivity index (χ1) is 6.07. The predicted molar refractivity (Wildman–Crippen MR) is 53.9 cm³/mol. The Kier molecular flexibility index (Phi) is 3.30. The lowest BCUT2D eigenvalue weighted by Gasteiger charge is -2.11. The molecule has 72 valence electrons. The molecule has 4 heteroatoms. The number of aryl methyl sites for hydroxylation is 2. The van der Waals surface area contributed by atoms with Crippen molar-refractivity contribution < 1.29 is 10.3 Å². The highest BCUT2D eigenvalue weighted by atomic mass is 79.9. The minimum Gasteiger partial charge on any atom is -0.506 e. The Hall–Kier alpha value is -0.580. The molecule has 1 aromatic carbocycles. The van der Waals surface area contributed by atoms with Gasteiger partial charge in [0.2, 0.25) is 0 Å². The van der Waals surface area contributed by atoms with Crippen LogP contribution in [0.3, 0.4) is 0 Å². The summed E-state index contributed by atoms with van der Waals surface area (Å²) in [7, 11) is 0. The standard InChI is InChI=1S/C9H12BrNO2/c1-5-3-6(2)8(10)9(12)7(5)4-11-13/h3,11-13H,4H2,1-2H3. The van der Waals surface area contributed by atoms with Gasteiger partial charge in [0.05, 0.1) is 4.47 Å². The number of hydroxylamine groups is 1. The summed E-state index contributed by atoms with van der Waals surface area (Å²) in [5, 5.41) is 18.2. The van der Waals surface area contributed by atoms with Crippen molar-refractivity contribution in [3.8, 4) is 5.75 Å². The Labute approximate surface area is 85.5 Å². The molecule has 0 radical (unpaired) electrons. The number of benzene rings is 1. The number of hydrogen-bond acceptors (Lipinski definition) is 3. The van der Waals surface area contributed by atoms with Gasteiger partial charge < -0.3 is 10.3 Å². The van der Waals surface area contributed by atoms with Crippen LogP contribution in [0.1, 0.15) is 16.7 Å². The van der Waals surface area contributed by atoms with E-state index in [0.717, 1.165) is 11.1 Å². The molecule has 0 aliphatic carbocycles. The van der Waals surface area contributed by atoms with Gasteiger partial charge in [-0.15, -0.1) is 0 Å². The molecule has 0 saturated heterocycles. The highest BCUT2D eigenvalue weighted by Crippen LogP contribution is 2.33. The SMILES string of the molecule is Cc1cc(C)c(CNO)c(O)c1Br. The third-order valence-corrected chi connectivity index (χ3v) is 3.01. The van der Waals surface area contributed by atoms with Crippen molar-refractivity contribution in [1.29, 1.82) is 0 Å². The first-order valence-corrected chi connectivity index (χ1v) is 4.71. The second-order valence-electron chi connectivity index (χ2n) is 2.99. The Balaban J connectivity index is 3.26. The minimum absolute atomic E-state index is 0.194. The zero-order chi connectivity index (χ0) is 10.0. The van der Waals surface area contributed by atoms with Gasteiger partial charge in [-0.25, -0.2) is 5.48 Å². The van der Waals surface area contributed by atoms with Gasteiger partial charge in [0, 0.05) is 12.1 Å². The summed E-state index contributed by atoms with van der Waals surface area (Å²) in [6.45, 7) is 4.05. The van der Waals surface area contributed by atoms with Gasteiger partial charge in [-0.1, -0.05) is 6.07 Å². The molecule has 0 aliphatic rings. The molecule has 1 aromatic rings. The average Bonchev–Trinajstić information content (AvgIpc) is 2.09. The van der Waals surface area contributed by atoms with Crippen molar-refractivity contribution in [2.75, 3.05) is 0 Å². The van der Waals surface area contributed by atoms with Gasteiger partial charge in [-0.3, -0.25) is 0 Å². The number of nitrogens with one attached hydrogen (secondary N) is 1. The molecule has 0 amide bonds. The van der Waals surface area contributed by atoms with E-state index in [-0.39, 0.29) is 12.3 Å². The van der Waals surface area contributed by atoms with Crippen molar-refractivity contribution >= 4 is 15.9 Å². The van der Waals surface area contributed by atoms with E-state index < -0.39 is 0 Å². The van der Waals surface area contributed by atoms with E-state index in [2.05, 4.69) is 15.9 Å². The Morgan fingerprint density at radius 2 is 2.00 bits per heavy atom. The molecule has 0 bridgehead atoms. The summed E-state index contributed by atoms with van der Waals surface area (Å²) >= 11 is 3.27. The molecule has 0 heterocycles. The van der Waals surface area contributed by atoms with Crippen LogP contribution in [0.15, 0.2) is 10.5 Å². The number of aromatic hydroxyl groups is 1. The molecule has 0 atom stereocenters. The third kappa shape index (κ3) is 2.02. The first kappa shape index (κ1) is 10.5. The van der Waals surface area contributed by atoms with Crippen molar-refractivity contribution in [2.24, 2.45) is 0 Å². The zero-order valence-electron chi connectivity index (χ0n) is 7.56. The summed E-state index contributed by atoms with van der Waals surface area (Å²) in [4.78, 5) is 0. The average molecular weight is 246 g/mol. The molecule has 3 N–H and O–H groups in total. The second-order valence-corrected chi connectivity index (χ2v) is 3.78. The largest absolute Gasteiger partial charge is 0.506 e. The van der Waals surface area contributed by atoms with Crippen LogP contribution in [0.2, 0.25) is 0 Å². The summed E-state index contributed by atoms with van der Waals surface area (Å²) in [6, 6.07) is 1.95. The predicted octanol–water partition coefficient (Wildman–Crippen LogP) is 2.25. The Morgan fingerprint density at radius 3 is 2.54 bits per heavy atom. The van der Waals surface area contributed by atoms with E-state index in [0.29, 0.717) is 10.0 Å². The smallest absolute Gasteiger partial charge is 0.134 e. The van der Waals surface area contributed by atoms with Crippen molar-refractivity contribution in [2.45, 2.75) is 20.4 Å². The lowest BCUT2D eigenvalue weighted by atomic mass is 10.0. The maximum atomic E-state index is 9.69. The highest BCUT2D eigenvalue weighted by molar-refractivity contribution is 9.10. The highest BCUT2D eigenvalue weighted by Gasteiger charge is 2.10. The van der Waals surface area contributed by atoms with Crippen molar-refractivity contribution in [3.05, 3.63) is 27.2 Å². The van der Waals surface area contributed by atoms with E-state index in [9.17, 15) is 5.11 Å². The van der Waals surface area contributed by atoms with E-state index in [4.69, 9.17) is 5.21 Å². The van der Waals surface area contributed by atoms with E-state index in [1.807, 2.05) is 25.4 Å². The number of halogens is 1. The van der Waals surface area contributed by atoms with E-state index >= 15 is 0 Å². The molecule has 0 unspecified atom stereocenters. The molecular formula is C9H12BrNO2. The van der Waals surface area contributed by atoms with Crippen LogP contribution in [0.4, 0.5) is 0 Å². The van der Waals surface area contributed by atoms with E-state index in [1.54, 1.807) is 0 Å². The fraction of sp³-hybridized carbons (Fsp3) is 0.333. The summed E-state index contributed by atoms with van der Waals surface area (Å²) in [5.41, 5.74) is 4.68.